The zero-order chi connectivity index (χ0) is 22.9. The molecule has 4 rings (SSSR count). The van der Waals surface area contributed by atoms with Crippen molar-refractivity contribution in [3.05, 3.63) is 42.0 Å². The van der Waals surface area contributed by atoms with Gasteiger partial charge in [-0.2, -0.15) is 18.0 Å². The first-order valence-electron chi connectivity index (χ1n) is 9.53. The van der Waals surface area contributed by atoms with Gasteiger partial charge in [-0.15, -0.1) is 10.2 Å². The van der Waals surface area contributed by atoms with E-state index in [1.165, 1.54) is 12.4 Å². The molecule has 0 saturated carbocycles. The molecule has 0 amide bonds. The average Bonchev–Trinajstić information content (AvgIpc) is 3.21. The molecule has 0 aliphatic carbocycles. The maximum atomic E-state index is 13.7. The molecular weight excluding hydrogens is 436 g/mol. The third-order valence-corrected chi connectivity index (χ3v) is 4.81. The second kappa shape index (κ2) is 8.63. The number of hydrogen-bond acceptors (Lipinski definition) is 9. The quantitative estimate of drug-likeness (QED) is 0.429. The molecule has 1 aromatic carbocycles. The lowest BCUT2D eigenvalue weighted by atomic mass is 10.1. The van der Waals surface area contributed by atoms with E-state index in [1.54, 1.807) is 4.90 Å². The summed E-state index contributed by atoms with van der Waals surface area (Å²) in [7, 11) is 0. The van der Waals surface area contributed by atoms with Gasteiger partial charge in [-0.25, -0.2) is 14.4 Å². The van der Waals surface area contributed by atoms with Gasteiger partial charge in [-0.05, 0) is 23.4 Å². The predicted molar refractivity (Wildman–Crippen MR) is 103 cm³/mol. The zero-order valence-electron chi connectivity index (χ0n) is 16.5. The fourth-order valence-corrected chi connectivity index (χ4v) is 3.27. The summed E-state index contributed by atoms with van der Waals surface area (Å²) in [6, 6.07) is 2.51. The van der Waals surface area contributed by atoms with Crippen LogP contribution in [0.5, 0.6) is 0 Å². The van der Waals surface area contributed by atoms with E-state index in [-0.39, 0.29) is 18.1 Å². The number of halogens is 4. The molecule has 1 fully saturated rings. The highest BCUT2D eigenvalue weighted by molar-refractivity contribution is 5.53. The lowest BCUT2D eigenvalue weighted by molar-refractivity contribution is -0.137. The van der Waals surface area contributed by atoms with Crippen molar-refractivity contribution in [3.8, 4) is 11.4 Å². The third-order valence-electron chi connectivity index (χ3n) is 4.81. The van der Waals surface area contributed by atoms with Crippen molar-refractivity contribution in [2.45, 2.75) is 19.0 Å². The van der Waals surface area contributed by atoms with Gasteiger partial charge >= 0.3 is 6.18 Å². The van der Waals surface area contributed by atoms with Gasteiger partial charge in [0.05, 0.1) is 11.1 Å². The molecule has 0 spiro atoms. The topological polar surface area (TPSA) is 116 Å². The monoisotopic (exact) mass is 454 g/mol. The van der Waals surface area contributed by atoms with Crippen LogP contribution in [0.25, 0.3) is 11.4 Å². The number of alkyl halides is 3. The van der Waals surface area contributed by atoms with Crippen LogP contribution in [0.4, 0.5) is 29.2 Å². The van der Waals surface area contributed by atoms with Crippen molar-refractivity contribution in [2.24, 2.45) is 0 Å². The second-order valence-electron chi connectivity index (χ2n) is 7.09. The Bertz CT molecular complexity index is 1070. The van der Waals surface area contributed by atoms with E-state index in [0.29, 0.717) is 43.8 Å². The molecule has 1 saturated heterocycles. The Labute approximate surface area is 178 Å². The van der Waals surface area contributed by atoms with Crippen LogP contribution in [0, 0.1) is 5.82 Å². The van der Waals surface area contributed by atoms with Crippen LogP contribution in [0.3, 0.4) is 0 Å². The lowest BCUT2D eigenvalue weighted by Crippen LogP contribution is -2.47. The molecule has 170 valence electrons. The van der Waals surface area contributed by atoms with Gasteiger partial charge < -0.3 is 20.0 Å². The molecule has 32 heavy (non-hydrogen) atoms. The van der Waals surface area contributed by atoms with Crippen LogP contribution in [0.2, 0.25) is 0 Å². The fraction of sp³-hybridized carbons (Fsp3) is 0.389. The van der Waals surface area contributed by atoms with Crippen molar-refractivity contribution in [1.82, 2.24) is 30.2 Å². The number of anilines is 2. The summed E-state index contributed by atoms with van der Waals surface area (Å²) < 4.78 is 52.6. The maximum Gasteiger partial charge on any atom is 0.416 e. The minimum atomic E-state index is -4.62. The first-order chi connectivity index (χ1) is 15.2. The molecule has 2 aromatic heterocycles. The normalized spacial score (nSPS) is 15.0. The molecule has 0 bridgehead atoms. The predicted octanol–water partition coefficient (Wildman–Crippen LogP) is 0.925. The number of aliphatic hydroxyl groups is 2. The summed E-state index contributed by atoms with van der Waals surface area (Å²) in [6.07, 6.45) is -3.24. The van der Waals surface area contributed by atoms with Gasteiger partial charge in [0.25, 0.3) is 0 Å². The van der Waals surface area contributed by atoms with Gasteiger partial charge in [0.1, 0.15) is 12.4 Å². The fourth-order valence-electron chi connectivity index (χ4n) is 3.27. The minimum absolute atomic E-state index is 0.176. The van der Waals surface area contributed by atoms with Crippen LogP contribution < -0.4 is 9.80 Å². The second-order valence-corrected chi connectivity index (χ2v) is 7.09. The lowest BCUT2D eigenvalue weighted by Gasteiger charge is -2.36. The Morgan fingerprint density at radius 3 is 2.25 bits per heavy atom. The number of piperazine rings is 1. The summed E-state index contributed by atoms with van der Waals surface area (Å²) in [5, 5.41) is 29.4. The maximum absolute atomic E-state index is 13.7. The van der Waals surface area contributed by atoms with Crippen LogP contribution in [0.1, 0.15) is 5.56 Å². The van der Waals surface area contributed by atoms with Gasteiger partial charge in [0, 0.05) is 44.3 Å². The van der Waals surface area contributed by atoms with Crippen molar-refractivity contribution >= 4 is 11.6 Å². The number of tetrazole rings is 1. The van der Waals surface area contributed by atoms with Crippen molar-refractivity contribution in [2.75, 3.05) is 36.0 Å². The molecule has 1 aliphatic rings. The molecule has 3 aromatic rings. The Kier molecular flexibility index (Phi) is 5.88. The SMILES string of the molecule is OC(O)Cn1nnc(-c2cnc(N3CCN(c4cc(F)cc(C(F)(F)F)c4)CC3)nc2)n1. The Morgan fingerprint density at radius 2 is 1.62 bits per heavy atom. The molecule has 3 heterocycles. The highest BCUT2D eigenvalue weighted by atomic mass is 19.4. The van der Waals surface area contributed by atoms with Crippen molar-refractivity contribution < 1.29 is 27.8 Å². The van der Waals surface area contributed by atoms with E-state index >= 15 is 0 Å². The number of benzene rings is 1. The number of rotatable bonds is 5. The highest BCUT2D eigenvalue weighted by Gasteiger charge is 2.32. The number of aromatic nitrogens is 6. The van der Waals surface area contributed by atoms with Crippen LogP contribution >= 0.6 is 0 Å². The van der Waals surface area contributed by atoms with E-state index in [4.69, 9.17) is 10.2 Å². The number of nitrogens with zero attached hydrogens (tertiary/aromatic N) is 8. The van der Waals surface area contributed by atoms with Crippen LogP contribution in [-0.4, -0.2) is 72.9 Å². The minimum Gasteiger partial charge on any atom is -0.368 e. The molecule has 0 atom stereocenters. The van der Waals surface area contributed by atoms with E-state index in [2.05, 4.69) is 25.4 Å². The largest absolute Gasteiger partial charge is 0.416 e. The van der Waals surface area contributed by atoms with Crippen molar-refractivity contribution in [1.29, 1.82) is 0 Å². The van der Waals surface area contributed by atoms with Gasteiger partial charge in [-0.1, -0.05) is 0 Å². The molecule has 1 aliphatic heterocycles. The Morgan fingerprint density at radius 1 is 0.969 bits per heavy atom. The first kappa shape index (κ1) is 21.8. The van der Waals surface area contributed by atoms with Gasteiger partial charge in [-0.3, -0.25) is 0 Å². The highest BCUT2D eigenvalue weighted by Crippen LogP contribution is 2.33. The van der Waals surface area contributed by atoms with Crippen molar-refractivity contribution in [3.63, 3.8) is 0 Å². The van der Waals surface area contributed by atoms with E-state index in [1.807, 2.05) is 4.90 Å². The standard InChI is InChI=1S/C18H18F4N8O2/c19-13-5-12(18(20,21)22)6-14(7-13)28-1-3-29(4-2-28)17-23-8-11(9-24-17)16-25-27-30(26-16)10-15(31)32/h5-9,15,31-32H,1-4,10H2. The molecule has 0 unspecified atom stereocenters. The van der Waals surface area contributed by atoms with Crippen LogP contribution in [-0.2, 0) is 12.7 Å². The Hall–Kier alpha value is -3.39. The average molecular weight is 454 g/mol. The number of aliphatic hydroxyl groups excluding tert-OH is 1. The smallest absolute Gasteiger partial charge is 0.368 e. The summed E-state index contributed by atoms with van der Waals surface area (Å²) in [5.74, 6) is -0.300. The van der Waals surface area contributed by atoms with Gasteiger partial charge in [0.15, 0.2) is 6.29 Å². The summed E-state index contributed by atoms with van der Waals surface area (Å²) in [6.45, 7) is 1.36. The molecule has 2 N–H and O–H groups in total. The molecule has 14 heteroatoms. The molecule has 10 nitrogen and oxygen atoms in total. The molecule has 0 radical (unpaired) electrons. The zero-order valence-corrected chi connectivity index (χ0v) is 16.5. The third kappa shape index (κ3) is 4.91. The summed E-state index contributed by atoms with van der Waals surface area (Å²) in [4.78, 5) is 13.1. The van der Waals surface area contributed by atoms with Gasteiger partial charge in [0.2, 0.25) is 11.8 Å². The van der Waals surface area contributed by atoms with Crippen LogP contribution in [0.15, 0.2) is 30.6 Å². The Balaban J connectivity index is 1.40. The number of hydrogen-bond donors (Lipinski definition) is 2. The summed E-state index contributed by atoms with van der Waals surface area (Å²) in [5.41, 5.74) is -0.367. The van der Waals surface area contributed by atoms with E-state index < -0.39 is 23.8 Å². The summed E-state index contributed by atoms with van der Waals surface area (Å²) >= 11 is 0. The molecular formula is C18H18F4N8O2. The van der Waals surface area contributed by atoms with E-state index in [0.717, 1.165) is 16.9 Å². The van der Waals surface area contributed by atoms with E-state index in [9.17, 15) is 17.6 Å². The first-order valence-corrected chi connectivity index (χ1v) is 9.53.